The molecule has 1 heterocycles. The fraction of sp³-hybridized carbons (Fsp3) is 0.429. The molecule has 1 fully saturated rings. The Kier molecular flexibility index (Phi) is 4.38. The summed E-state index contributed by atoms with van der Waals surface area (Å²) in [6, 6.07) is 5.44. The molecule has 1 aliphatic heterocycles. The molecule has 1 saturated heterocycles. The van der Waals surface area contributed by atoms with Crippen LogP contribution in [-0.2, 0) is 4.79 Å². The van der Waals surface area contributed by atoms with Crippen molar-refractivity contribution in [3.05, 3.63) is 33.9 Å². The van der Waals surface area contributed by atoms with Crippen molar-refractivity contribution in [3.8, 4) is 6.07 Å². The summed E-state index contributed by atoms with van der Waals surface area (Å²) in [6.45, 7) is 0.437. The largest absolute Gasteiger partial charge is 0.480 e. The molecule has 1 aromatic rings. The first kappa shape index (κ1) is 14.8. The third-order valence-electron chi connectivity index (χ3n) is 3.67. The van der Waals surface area contributed by atoms with Crippen LogP contribution in [0.15, 0.2) is 18.2 Å². The lowest BCUT2D eigenvalue weighted by molar-refractivity contribution is -0.384. The van der Waals surface area contributed by atoms with Crippen LogP contribution < -0.4 is 4.90 Å². The highest BCUT2D eigenvalue weighted by Crippen LogP contribution is 2.34. The zero-order chi connectivity index (χ0) is 15.4. The number of anilines is 1. The minimum Gasteiger partial charge on any atom is -0.480 e. The summed E-state index contributed by atoms with van der Waals surface area (Å²) >= 11 is 0. The van der Waals surface area contributed by atoms with Crippen LogP contribution in [0.1, 0.15) is 31.2 Å². The van der Waals surface area contributed by atoms with Crippen molar-refractivity contribution >= 4 is 17.3 Å². The van der Waals surface area contributed by atoms with Crippen LogP contribution in [0.4, 0.5) is 11.4 Å². The van der Waals surface area contributed by atoms with E-state index in [1.54, 1.807) is 17.0 Å². The Morgan fingerprint density at radius 1 is 1.43 bits per heavy atom. The summed E-state index contributed by atoms with van der Waals surface area (Å²) in [5, 5.41) is 29.7. The number of hydrogen-bond acceptors (Lipinski definition) is 5. The van der Waals surface area contributed by atoms with E-state index in [9.17, 15) is 20.0 Å². The summed E-state index contributed by atoms with van der Waals surface area (Å²) in [5.41, 5.74) is -0.146. The quantitative estimate of drug-likeness (QED) is 0.675. The number of nitro groups is 1. The number of aliphatic carboxylic acids is 1. The molecule has 1 atom stereocenters. The van der Waals surface area contributed by atoms with Gasteiger partial charge in [-0.2, -0.15) is 5.26 Å². The topological polar surface area (TPSA) is 107 Å². The van der Waals surface area contributed by atoms with E-state index < -0.39 is 16.9 Å². The molecule has 0 radical (unpaired) electrons. The summed E-state index contributed by atoms with van der Waals surface area (Å²) in [4.78, 5) is 23.7. The van der Waals surface area contributed by atoms with Crippen LogP contribution in [-0.4, -0.2) is 28.6 Å². The van der Waals surface area contributed by atoms with Gasteiger partial charge in [0.15, 0.2) is 0 Å². The van der Waals surface area contributed by atoms with E-state index in [2.05, 4.69) is 0 Å². The molecular weight excluding hydrogens is 274 g/mol. The average Bonchev–Trinajstić information content (AvgIpc) is 2.71. The highest BCUT2D eigenvalue weighted by atomic mass is 16.6. The molecule has 1 aliphatic rings. The van der Waals surface area contributed by atoms with Crippen molar-refractivity contribution in [2.24, 2.45) is 0 Å². The molecule has 0 aromatic heterocycles. The molecule has 1 aromatic carbocycles. The lowest BCUT2D eigenvalue weighted by atomic mass is 10.1. The average molecular weight is 289 g/mol. The second-order valence-electron chi connectivity index (χ2n) is 4.94. The third kappa shape index (κ3) is 2.94. The van der Waals surface area contributed by atoms with Crippen LogP contribution in [0.2, 0.25) is 0 Å². The van der Waals surface area contributed by atoms with Crippen LogP contribution >= 0.6 is 0 Å². The molecule has 0 amide bonds. The molecule has 21 heavy (non-hydrogen) atoms. The van der Waals surface area contributed by atoms with Crippen molar-refractivity contribution in [3.63, 3.8) is 0 Å². The lowest BCUT2D eigenvalue weighted by Gasteiger charge is -2.28. The number of rotatable bonds is 3. The van der Waals surface area contributed by atoms with Gasteiger partial charge in [0.25, 0.3) is 0 Å². The molecule has 1 N–H and O–H groups in total. The maximum absolute atomic E-state index is 11.4. The number of benzene rings is 1. The molecule has 0 aliphatic carbocycles. The molecule has 7 heteroatoms. The maximum atomic E-state index is 11.4. The molecule has 0 bridgehead atoms. The first-order chi connectivity index (χ1) is 10.1. The molecule has 0 saturated carbocycles. The summed E-state index contributed by atoms with van der Waals surface area (Å²) in [7, 11) is 0. The number of carboxylic acid groups (broad SMARTS) is 1. The van der Waals surface area contributed by atoms with Gasteiger partial charge in [-0.25, -0.2) is 4.79 Å². The molecule has 110 valence electrons. The summed E-state index contributed by atoms with van der Waals surface area (Å²) in [6.07, 6.45) is 2.90. The number of nitro benzene ring substituents is 1. The monoisotopic (exact) mass is 289 g/mol. The van der Waals surface area contributed by atoms with Gasteiger partial charge in [0, 0.05) is 6.54 Å². The van der Waals surface area contributed by atoms with Gasteiger partial charge in [0.1, 0.15) is 23.4 Å². The molecule has 2 rings (SSSR count). The number of nitrogens with zero attached hydrogens (tertiary/aromatic N) is 3. The number of carbonyl (C=O) groups is 1. The van der Waals surface area contributed by atoms with Crippen molar-refractivity contribution in [1.82, 2.24) is 0 Å². The first-order valence-corrected chi connectivity index (χ1v) is 6.73. The maximum Gasteiger partial charge on any atom is 0.326 e. The van der Waals surface area contributed by atoms with Gasteiger partial charge < -0.3 is 10.0 Å². The number of nitriles is 1. The highest BCUT2D eigenvalue weighted by Gasteiger charge is 2.32. The second kappa shape index (κ2) is 6.22. The zero-order valence-corrected chi connectivity index (χ0v) is 11.4. The van der Waals surface area contributed by atoms with E-state index in [0.717, 1.165) is 19.3 Å². The smallest absolute Gasteiger partial charge is 0.326 e. The Labute approximate surface area is 121 Å². The van der Waals surface area contributed by atoms with Gasteiger partial charge in [-0.15, -0.1) is 0 Å². The lowest BCUT2D eigenvalue weighted by Crippen LogP contribution is -2.41. The normalized spacial score (nSPS) is 18.6. The minimum absolute atomic E-state index is 0.0501. The van der Waals surface area contributed by atoms with E-state index in [4.69, 9.17) is 5.26 Å². The number of para-hydroxylation sites is 1. The van der Waals surface area contributed by atoms with E-state index in [0.29, 0.717) is 13.0 Å². The van der Waals surface area contributed by atoms with Gasteiger partial charge >= 0.3 is 11.7 Å². The Morgan fingerprint density at radius 2 is 2.19 bits per heavy atom. The third-order valence-corrected chi connectivity index (χ3v) is 3.67. The minimum atomic E-state index is -0.992. The van der Waals surface area contributed by atoms with Crippen LogP contribution in [0.3, 0.4) is 0 Å². The Morgan fingerprint density at radius 3 is 2.81 bits per heavy atom. The predicted molar refractivity (Wildman–Crippen MR) is 75.0 cm³/mol. The Bertz CT molecular complexity index is 609. The molecule has 7 nitrogen and oxygen atoms in total. The highest BCUT2D eigenvalue weighted by molar-refractivity contribution is 5.81. The molecule has 1 unspecified atom stereocenters. The van der Waals surface area contributed by atoms with Crippen LogP contribution in [0.5, 0.6) is 0 Å². The van der Waals surface area contributed by atoms with Crippen molar-refractivity contribution < 1.29 is 14.8 Å². The van der Waals surface area contributed by atoms with Crippen molar-refractivity contribution in [2.75, 3.05) is 11.4 Å². The van der Waals surface area contributed by atoms with Crippen LogP contribution in [0.25, 0.3) is 0 Å². The van der Waals surface area contributed by atoms with Gasteiger partial charge in [-0.3, -0.25) is 10.1 Å². The standard InChI is InChI=1S/C14H15N3O4/c15-9-10-5-4-7-11(13(10)17(20)21)16-8-3-1-2-6-12(16)14(18)19/h4-5,7,12H,1-3,6,8H2,(H,18,19). The summed E-state index contributed by atoms with van der Waals surface area (Å²) < 4.78 is 0. The van der Waals surface area contributed by atoms with E-state index in [1.807, 2.05) is 0 Å². The Hall–Kier alpha value is -2.62. The van der Waals surface area contributed by atoms with E-state index in [-0.39, 0.29) is 16.9 Å². The summed E-state index contributed by atoms with van der Waals surface area (Å²) in [5.74, 6) is -0.992. The number of hydrogen-bond donors (Lipinski definition) is 1. The van der Waals surface area contributed by atoms with Crippen molar-refractivity contribution in [2.45, 2.75) is 31.7 Å². The van der Waals surface area contributed by atoms with Crippen LogP contribution in [0, 0.1) is 21.4 Å². The van der Waals surface area contributed by atoms with E-state index in [1.165, 1.54) is 12.1 Å². The molecular formula is C14H15N3O4. The van der Waals surface area contributed by atoms with Gasteiger partial charge in [-0.05, 0) is 25.0 Å². The first-order valence-electron chi connectivity index (χ1n) is 6.73. The zero-order valence-electron chi connectivity index (χ0n) is 11.4. The predicted octanol–water partition coefficient (Wildman–Crippen LogP) is 2.30. The Balaban J connectivity index is 2.55. The SMILES string of the molecule is N#Cc1cccc(N2CCCCCC2C(=O)O)c1[N+](=O)[O-]. The van der Waals surface area contributed by atoms with Gasteiger partial charge in [0.2, 0.25) is 0 Å². The fourth-order valence-electron chi connectivity index (χ4n) is 2.70. The van der Waals surface area contributed by atoms with Gasteiger partial charge in [-0.1, -0.05) is 18.9 Å². The number of carboxylic acids is 1. The fourth-order valence-corrected chi connectivity index (χ4v) is 2.70. The molecule has 0 spiro atoms. The van der Waals surface area contributed by atoms with Gasteiger partial charge in [0.05, 0.1) is 4.92 Å². The van der Waals surface area contributed by atoms with E-state index >= 15 is 0 Å². The second-order valence-corrected chi connectivity index (χ2v) is 4.94. The van der Waals surface area contributed by atoms with Crippen molar-refractivity contribution in [1.29, 1.82) is 5.26 Å².